The summed E-state index contributed by atoms with van der Waals surface area (Å²) in [5, 5.41) is 9.40. The minimum atomic E-state index is -4.02. The highest BCUT2D eigenvalue weighted by molar-refractivity contribution is 7.89. The number of carbonyl (C=O) groups is 2. The summed E-state index contributed by atoms with van der Waals surface area (Å²) < 4.78 is 27.6. The topological polar surface area (TPSA) is 101 Å². The molecule has 0 aromatic heterocycles. The molecule has 2 aromatic carbocycles. The van der Waals surface area contributed by atoms with Gasteiger partial charge in [0.2, 0.25) is 10.0 Å². The van der Waals surface area contributed by atoms with E-state index in [9.17, 15) is 23.1 Å². The van der Waals surface area contributed by atoms with E-state index in [-0.39, 0.29) is 17.1 Å². The van der Waals surface area contributed by atoms with Crippen molar-refractivity contribution >= 4 is 21.8 Å². The summed E-state index contributed by atoms with van der Waals surface area (Å²) in [4.78, 5) is 23.4. The fourth-order valence-electron chi connectivity index (χ4n) is 3.07. The molecule has 0 saturated heterocycles. The van der Waals surface area contributed by atoms with Crippen molar-refractivity contribution in [3.05, 3.63) is 65.2 Å². The lowest BCUT2D eigenvalue weighted by atomic mass is 9.91. The summed E-state index contributed by atoms with van der Waals surface area (Å²) in [5.41, 5.74) is 1.96. The van der Waals surface area contributed by atoms with Gasteiger partial charge in [0.25, 0.3) is 0 Å². The molecule has 1 atom stereocenters. The zero-order valence-electron chi connectivity index (χ0n) is 14.0. The lowest BCUT2D eigenvalue weighted by Crippen LogP contribution is -2.42. The predicted octanol–water partition coefficient (Wildman–Crippen LogP) is 2.18. The van der Waals surface area contributed by atoms with Gasteiger partial charge in [-0.2, -0.15) is 4.72 Å². The van der Waals surface area contributed by atoms with E-state index in [1.165, 1.54) is 18.2 Å². The van der Waals surface area contributed by atoms with Crippen molar-refractivity contribution in [1.29, 1.82) is 0 Å². The zero-order valence-corrected chi connectivity index (χ0v) is 14.8. The molecule has 7 heteroatoms. The van der Waals surface area contributed by atoms with Gasteiger partial charge in [-0.05, 0) is 48.6 Å². The number of aryl methyl sites for hydroxylation is 1. The molecule has 6 nitrogen and oxygen atoms in total. The largest absolute Gasteiger partial charge is 0.480 e. The first-order valence-electron chi connectivity index (χ1n) is 8.32. The SMILES string of the molecule is O=C1CCCc2cc(S(=O)(=O)N[C@@H](Cc3ccccc3)C(=O)O)ccc21. The first-order valence-corrected chi connectivity index (χ1v) is 9.80. The third-order valence-corrected chi connectivity index (χ3v) is 5.88. The fraction of sp³-hybridized carbons (Fsp3) is 0.263. The van der Waals surface area contributed by atoms with Crippen molar-refractivity contribution in [2.24, 2.45) is 0 Å². The van der Waals surface area contributed by atoms with Crippen LogP contribution < -0.4 is 4.72 Å². The van der Waals surface area contributed by atoms with E-state index in [1.54, 1.807) is 30.3 Å². The average Bonchev–Trinajstić information content (AvgIpc) is 2.62. The summed E-state index contributed by atoms with van der Waals surface area (Å²) in [6.45, 7) is 0. The van der Waals surface area contributed by atoms with Crippen LogP contribution in [0.4, 0.5) is 0 Å². The van der Waals surface area contributed by atoms with E-state index >= 15 is 0 Å². The van der Waals surface area contributed by atoms with Crippen molar-refractivity contribution in [2.45, 2.75) is 36.6 Å². The Labute approximate surface area is 151 Å². The summed E-state index contributed by atoms with van der Waals surface area (Å²) in [6.07, 6.45) is 1.83. The molecule has 0 radical (unpaired) electrons. The van der Waals surface area contributed by atoms with E-state index in [1.807, 2.05) is 0 Å². The Bertz CT molecular complexity index is 938. The molecule has 1 aliphatic rings. The summed E-state index contributed by atoms with van der Waals surface area (Å²) in [6, 6.07) is 11.9. The molecule has 0 aliphatic heterocycles. The van der Waals surface area contributed by atoms with E-state index in [4.69, 9.17) is 0 Å². The maximum absolute atomic E-state index is 12.6. The van der Waals surface area contributed by atoms with Crippen molar-refractivity contribution in [2.75, 3.05) is 0 Å². The van der Waals surface area contributed by atoms with Gasteiger partial charge >= 0.3 is 5.97 Å². The van der Waals surface area contributed by atoms with Gasteiger partial charge in [-0.3, -0.25) is 9.59 Å². The molecule has 0 fully saturated rings. The maximum atomic E-state index is 12.6. The van der Waals surface area contributed by atoms with Gasteiger partial charge in [-0.15, -0.1) is 0 Å². The maximum Gasteiger partial charge on any atom is 0.322 e. The molecule has 26 heavy (non-hydrogen) atoms. The molecule has 2 N–H and O–H groups in total. The van der Waals surface area contributed by atoms with Crippen LogP contribution in [0.5, 0.6) is 0 Å². The standard InChI is InChI=1S/C19H19NO5S/c21-18-8-4-7-14-12-15(9-10-16(14)18)26(24,25)20-17(19(22)23)11-13-5-2-1-3-6-13/h1-3,5-6,9-10,12,17,20H,4,7-8,11H2,(H,22,23)/t17-/m0/s1. The highest BCUT2D eigenvalue weighted by Gasteiger charge is 2.27. The molecule has 0 spiro atoms. The van der Waals surface area contributed by atoms with Crippen LogP contribution in [0.3, 0.4) is 0 Å². The number of sulfonamides is 1. The van der Waals surface area contributed by atoms with Crippen molar-refractivity contribution in [3.8, 4) is 0 Å². The fourth-order valence-corrected chi connectivity index (χ4v) is 4.31. The van der Waals surface area contributed by atoms with E-state index in [0.717, 1.165) is 5.56 Å². The number of nitrogens with one attached hydrogen (secondary N) is 1. The second-order valence-corrected chi connectivity index (χ2v) is 8.01. The summed E-state index contributed by atoms with van der Waals surface area (Å²) >= 11 is 0. The Hall–Kier alpha value is -2.51. The Balaban J connectivity index is 1.84. The molecule has 0 bridgehead atoms. The second-order valence-electron chi connectivity index (χ2n) is 6.30. The van der Waals surface area contributed by atoms with Crippen molar-refractivity contribution in [3.63, 3.8) is 0 Å². The van der Waals surface area contributed by atoms with E-state index < -0.39 is 22.0 Å². The van der Waals surface area contributed by atoms with Crippen molar-refractivity contribution < 1.29 is 23.1 Å². The molecule has 0 unspecified atom stereocenters. The van der Waals surface area contributed by atoms with Crippen LogP contribution in [0.25, 0.3) is 0 Å². The van der Waals surface area contributed by atoms with Gasteiger partial charge in [-0.1, -0.05) is 30.3 Å². The molecule has 1 aliphatic carbocycles. The van der Waals surface area contributed by atoms with Gasteiger partial charge in [0.15, 0.2) is 5.78 Å². The Morgan fingerprint density at radius 3 is 2.54 bits per heavy atom. The minimum absolute atomic E-state index is 0.00986. The Morgan fingerprint density at radius 1 is 1.12 bits per heavy atom. The molecule has 2 aromatic rings. The molecule has 0 heterocycles. The second kappa shape index (κ2) is 7.39. The first-order chi connectivity index (χ1) is 12.4. The van der Waals surface area contributed by atoms with E-state index in [2.05, 4.69) is 4.72 Å². The third kappa shape index (κ3) is 4.00. The summed E-state index contributed by atoms with van der Waals surface area (Å²) in [5.74, 6) is -1.23. The Kier molecular flexibility index (Phi) is 5.20. The number of Topliss-reactive ketones (excluding diaryl/α,β-unsaturated/α-hetero) is 1. The van der Waals surface area contributed by atoms with Crippen LogP contribution in [0.2, 0.25) is 0 Å². The van der Waals surface area contributed by atoms with Crippen LogP contribution in [0.1, 0.15) is 34.3 Å². The Morgan fingerprint density at radius 2 is 1.85 bits per heavy atom. The van der Waals surface area contributed by atoms with Gasteiger partial charge < -0.3 is 5.11 Å². The van der Waals surface area contributed by atoms with Gasteiger partial charge in [-0.25, -0.2) is 8.42 Å². The number of carboxylic acid groups (broad SMARTS) is 1. The number of hydrogen-bond donors (Lipinski definition) is 2. The number of ketones is 1. The van der Waals surface area contributed by atoms with Crippen molar-refractivity contribution in [1.82, 2.24) is 4.72 Å². The van der Waals surface area contributed by atoms with Gasteiger partial charge in [0, 0.05) is 12.0 Å². The monoisotopic (exact) mass is 373 g/mol. The van der Waals surface area contributed by atoms with Gasteiger partial charge in [0.1, 0.15) is 6.04 Å². The van der Waals surface area contributed by atoms with Crippen LogP contribution in [-0.2, 0) is 27.7 Å². The van der Waals surface area contributed by atoms with Crippen LogP contribution >= 0.6 is 0 Å². The predicted molar refractivity (Wildman–Crippen MR) is 95.6 cm³/mol. The number of carbonyl (C=O) groups excluding carboxylic acids is 1. The number of hydrogen-bond acceptors (Lipinski definition) is 4. The first kappa shape index (κ1) is 18.3. The van der Waals surface area contributed by atoms with Crippen LogP contribution in [0, 0.1) is 0 Å². The zero-order chi connectivity index (χ0) is 18.7. The molecular weight excluding hydrogens is 354 g/mol. The van der Waals surface area contributed by atoms with Crippen LogP contribution in [-0.4, -0.2) is 31.3 Å². The molecule has 136 valence electrons. The molecule has 0 saturated carbocycles. The highest BCUT2D eigenvalue weighted by Crippen LogP contribution is 2.24. The quantitative estimate of drug-likeness (QED) is 0.808. The molecule has 3 rings (SSSR count). The number of carboxylic acids is 1. The lowest BCUT2D eigenvalue weighted by Gasteiger charge is -2.18. The number of rotatable bonds is 6. The highest BCUT2D eigenvalue weighted by atomic mass is 32.2. The van der Waals surface area contributed by atoms with E-state index in [0.29, 0.717) is 30.4 Å². The number of benzene rings is 2. The molecule has 0 amide bonds. The molecular formula is C19H19NO5S. The smallest absolute Gasteiger partial charge is 0.322 e. The minimum Gasteiger partial charge on any atom is -0.480 e. The van der Waals surface area contributed by atoms with Crippen LogP contribution in [0.15, 0.2) is 53.4 Å². The normalized spacial score (nSPS) is 15.3. The average molecular weight is 373 g/mol. The van der Waals surface area contributed by atoms with Gasteiger partial charge in [0.05, 0.1) is 4.90 Å². The third-order valence-electron chi connectivity index (χ3n) is 4.42. The lowest BCUT2D eigenvalue weighted by molar-refractivity contribution is -0.138. The number of aliphatic carboxylic acids is 1. The number of fused-ring (bicyclic) bond motifs is 1. The summed E-state index contributed by atoms with van der Waals surface area (Å²) in [7, 11) is -4.02.